The maximum absolute atomic E-state index is 12.5. The number of carbonyl (C=O) groups excluding carboxylic acids is 1. The highest BCUT2D eigenvalue weighted by atomic mass is 16.2. The number of carbonyl (C=O) groups is 1. The van der Waals surface area contributed by atoms with E-state index in [2.05, 4.69) is 36.6 Å². The van der Waals surface area contributed by atoms with Gasteiger partial charge in [-0.15, -0.1) is 10.2 Å². The maximum Gasteiger partial charge on any atom is 0.274 e. The average Bonchev–Trinajstić information content (AvgIpc) is 3.03. The van der Waals surface area contributed by atoms with Gasteiger partial charge in [0.25, 0.3) is 5.91 Å². The van der Waals surface area contributed by atoms with Gasteiger partial charge in [0.1, 0.15) is 17.3 Å². The van der Waals surface area contributed by atoms with Crippen LogP contribution >= 0.6 is 0 Å². The number of aromatic nitrogens is 5. The highest BCUT2D eigenvalue weighted by Crippen LogP contribution is 2.28. The van der Waals surface area contributed by atoms with Crippen molar-refractivity contribution in [3.63, 3.8) is 0 Å². The second kappa shape index (κ2) is 7.69. The number of amides is 1. The molecule has 0 unspecified atom stereocenters. The molecule has 0 radical (unpaired) electrons. The lowest BCUT2D eigenvalue weighted by Crippen LogP contribution is -2.38. The average molecular weight is 343 g/mol. The Labute approximate surface area is 147 Å². The summed E-state index contributed by atoms with van der Waals surface area (Å²) in [5.41, 5.74) is 0.408. The summed E-state index contributed by atoms with van der Waals surface area (Å²) in [6, 6.07) is 0. The van der Waals surface area contributed by atoms with Crippen molar-refractivity contribution in [1.29, 1.82) is 0 Å². The first kappa shape index (κ1) is 17.5. The SMILES string of the molecule is CCn1c(CN(C)C)nnc1C1CCN(C(=O)c2cnccn2)CC1. The minimum Gasteiger partial charge on any atom is -0.337 e. The second-order valence-corrected chi connectivity index (χ2v) is 6.61. The summed E-state index contributed by atoms with van der Waals surface area (Å²) >= 11 is 0. The molecule has 8 heteroatoms. The zero-order chi connectivity index (χ0) is 17.8. The number of nitrogens with zero attached hydrogens (tertiary/aromatic N) is 7. The molecule has 0 aliphatic carbocycles. The molecule has 0 bridgehead atoms. The Morgan fingerprint density at radius 1 is 1.24 bits per heavy atom. The molecule has 3 rings (SSSR count). The summed E-state index contributed by atoms with van der Waals surface area (Å²) in [6.45, 7) is 5.19. The molecule has 0 N–H and O–H groups in total. The lowest BCUT2D eigenvalue weighted by Gasteiger charge is -2.31. The smallest absolute Gasteiger partial charge is 0.274 e. The lowest BCUT2D eigenvalue weighted by atomic mass is 9.95. The Hall–Kier alpha value is -2.35. The van der Waals surface area contributed by atoms with Crippen LogP contribution in [0.3, 0.4) is 0 Å². The van der Waals surface area contributed by atoms with Crippen LogP contribution in [0, 0.1) is 0 Å². The van der Waals surface area contributed by atoms with Crippen LogP contribution in [0.25, 0.3) is 0 Å². The molecule has 0 atom stereocenters. The molecule has 0 spiro atoms. The van der Waals surface area contributed by atoms with Crippen LogP contribution in [-0.2, 0) is 13.1 Å². The van der Waals surface area contributed by atoms with Crippen molar-refractivity contribution in [3.8, 4) is 0 Å². The Morgan fingerprint density at radius 3 is 2.60 bits per heavy atom. The molecule has 3 heterocycles. The molecule has 2 aromatic heterocycles. The number of likely N-dealkylation sites (tertiary alicyclic amines) is 1. The van der Waals surface area contributed by atoms with E-state index in [1.165, 1.54) is 6.20 Å². The topological polar surface area (TPSA) is 80.0 Å². The number of piperidine rings is 1. The summed E-state index contributed by atoms with van der Waals surface area (Å²) < 4.78 is 2.21. The fourth-order valence-electron chi connectivity index (χ4n) is 3.31. The number of hydrogen-bond donors (Lipinski definition) is 0. The fourth-order valence-corrected chi connectivity index (χ4v) is 3.31. The van der Waals surface area contributed by atoms with E-state index < -0.39 is 0 Å². The molecule has 0 aromatic carbocycles. The molecular formula is C17H25N7O. The normalized spacial score (nSPS) is 15.8. The highest BCUT2D eigenvalue weighted by Gasteiger charge is 2.28. The molecule has 1 amide bonds. The van der Waals surface area contributed by atoms with Gasteiger partial charge in [0.15, 0.2) is 0 Å². The summed E-state index contributed by atoms with van der Waals surface area (Å²) in [5, 5.41) is 8.83. The van der Waals surface area contributed by atoms with Crippen LogP contribution in [0.15, 0.2) is 18.6 Å². The van der Waals surface area contributed by atoms with Crippen LogP contribution in [0.5, 0.6) is 0 Å². The van der Waals surface area contributed by atoms with Gasteiger partial charge in [0.05, 0.1) is 12.7 Å². The molecule has 0 saturated carbocycles. The Bertz CT molecular complexity index is 705. The van der Waals surface area contributed by atoms with E-state index in [4.69, 9.17) is 0 Å². The van der Waals surface area contributed by atoms with Crippen LogP contribution in [0.2, 0.25) is 0 Å². The van der Waals surface area contributed by atoms with Gasteiger partial charge < -0.3 is 14.4 Å². The first-order chi connectivity index (χ1) is 12.1. The second-order valence-electron chi connectivity index (χ2n) is 6.61. The molecule has 1 aliphatic heterocycles. The van der Waals surface area contributed by atoms with Crippen molar-refractivity contribution in [2.24, 2.45) is 0 Å². The lowest BCUT2D eigenvalue weighted by molar-refractivity contribution is 0.0703. The first-order valence-electron chi connectivity index (χ1n) is 8.72. The van der Waals surface area contributed by atoms with E-state index in [9.17, 15) is 4.79 Å². The summed E-state index contributed by atoms with van der Waals surface area (Å²) in [6.07, 6.45) is 6.44. The third-order valence-corrected chi connectivity index (χ3v) is 4.56. The molecule has 1 aliphatic rings. The minimum absolute atomic E-state index is 0.0446. The zero-order valence-electron chi connectivity index (χ0n) is 15.1. The van der Waals surface area contributed by atoms with Crippen molar-refractivity contribution in [3.05, 3.63) is 35.9 Å². The van der Waals surface area contributed by atoms with E-state index >= 15 is 0 Å². The van der Waals surface area contributed by atoms with Crippen LogP contribution < -0.4 is 0 Å². The molecule has 1 saturated heterocycles. The molecule has 8 nitrogen and oxygen atoms in total. The van der Waals surface area contributed by atoms with Crippen LogP contribution in [0.1, 0.15) is 47.8 Å². The minimum atomic E-state index is -0.0446. The van der Waals surface area contributed by atoms with Gasteiger partial charge in [-0.05, 0) is 33.9 Å². The van der Waals surface area contributed by atoms with E-state index in [1.807, 2.05) is 19.0 Å². The van der Waals surface area contributed by atoms with Crippen molar-refractivity contribution >= 4 is 5.91 Å². The summed E-state index contributed by atoms with van der Waals surface area (Å²) in [4.78, 5) is 24.5. The van der Waals surface area contributed by atoms with E-state index in [-0.39, 0.29) is 5.91 Å². The van der Waals surface area contributed by atoms with Crippen molar-refractivity contribution in [2.75, 3.05) is 27.2 Å². The number of rotatable bonds is 5. The Kier molecular flexibility index (Phi) is 5.37. The monoisotopic (exact) mass is 343 g/mol. The predicted octanol–water partition coefficient (Wildman–Crippen LogP) is 1.17. The first-order valence-corrected chi connectivity index (χ1v) is 8.72. The van der Waals surface area contributed by atoms with Crippen molar-refractivity contribution in [2.45, 2.75) is 38.8 Å². The van der Waals surface area contributed by atoms with E-state index in [1.54, 1.807) is 12.4 Å². The third kappa shape index (κ3) is 3.84. The quantitative estimate of drug-likeness (QED) is 0.811. The molecule has 25 heavy (non-hydrogen) atoms. The Morgan fingerprint density at radius 2 is 2.00 bits per heavy atom. The van der Waals surface area contributed by atoms with Gasteiger partial charge in [0.2, 0.25) is 0 Å². The summed E-state index contributed by atoms with van der Waals surface area (Å²) in [5.74, 6) is 2.34. The van der Waals surface area contributed by atoms with Gasteiger partial charge >= 0.3 is 0 Å². The third-order valence-electron chi connectivity index (χ3n) is 4.56. The fraction of sp³-hybridized carbons (Fsp3) is 0.588. The largest absolute Gasteiger partial charge is 0.337 e. The van der Waals surface area contributed by atoms with Gasteiger partial charge in [-0.2, -0.15) is 0 Å². The summed E-state index contributed by atoms with van der Waals surface area (Å²) in [7, 11) is 4.07. The standard InChI is InChI=1S/C17H25N7O/c1-4-24-15(12-22(2)3)20-21-16(24)13-5-9-23(10-6-13)17(25)14-11-18-7-8-19-14/h7-8,11,13H,4-6,9-10,12H2,1-3H3. The van der Waals surface area contributed by atoms with Gasteiger partial charge in [-0.3, -0.25) is 9.78 Å². The van der Waals surface area contributed by atoms with E-state index in [0.717, 1.165) is 37.6 Å². The molecular weight excluding hydrogens is 318 g/mol. The van der Waals surface area contributed by atoms with Gasteiger partial charge in [0, 0.05) is 37.9 Å². The maximum atomic E-state index is 12.5. The Balaban J connectivity index is 1.66. The van der Waals surface area contributed by atoms with E-state index in [0.29, 0.717) is 24.7 Å². The molecule has 2 aromatic rings. The predicted molar refractivity (Wildman–Crippen MR) is 93.0 cm³/mol. The zero-order valence-corrected chi connectivity index (χ0v) is 15.1. The molecule has 134 valence electrons. The van der Waals surface area contributed by atoms with Gasteiger partial charge in [-0.25, -0.2) is 4.98 Å². The van der Waals surface area contributed by atoms with Gasteiger partial charge in [-0.1, -0.05) is 0 Å². The van der Waals surface area contributed by atoms with Crippen molar-refractivity contribution in [1.82, 2.24) is 34.5 Å². The molecule has 1 fully saturated rings. The van der Waals surface area contributed by atoms with Crippen LogP contribution in [-0.4, -0.2) is 67.6 Å². The van der Waals surface area contributed by atoms with Crippen molar-refractivity contribution < 1.29 is 4.79 Å². The number of hydrogen-bond acceptors (Lipinski definition) is 6. The highest BCUT2D eigenvalue weighted by molar-refractivity contribution is 5.92. The van der Waals surface area contributed by atoms with Crippen LogP contribution in [0.4, 0.5) is 0 Å².